The van der Waals surface area contributed by atoms with E-state index in [9.17, 15) is 9.90 Å². The Morgan fingerprint density at radius 1 is 1.08 bits per heavy atom. The van der Waals surface area contributed by atoms with Gasteiger partial charge in [0.15, 0.2) is 0 Å². The molecule has 0 fully saturated rings. The monoisotopic (exact) mass is 343 g/mol. The van der Waals surface area contributed by atoms with E-state index in [4.69, 9.17) is 0 Å². The van der Waals surface area contributed by atoms with E-state index >= 15 is 0 Å². The number of allylic oxidation sites excluding steroid dienone is 4. The van der Waals surface area contributed by atoms with Crippen molar-refractivity contribution in [3.8, 4) is 0 Å². The van der Waals surface area contributed by atoms with Crippen LogP contribution in [0.5, 0.6) is 0 Å². The van der Waals surface area contributed by atoms with E-state index in [0.29, 0.717) is 11.8 Å². The van der Waals surface area contributed by atoms with Crippen LogP contribution in [0.1, 0.15) is 35.8 Å². The van der Waals surface area contributed by atoms with Gasteiger partial charge in [0.05, 0.1) is 0 Å². The van der Waals surface area contributed by atoms with Crippen LogP contribution in [0, 0.1) is 11.8 Å². The highest BCUT2D eigenvalue weighted by Crippen LogP contribution is 2.56. The molecule has 4 aliphatic rings. The minimum Gasteiger partial charge on any atom is -0.480 e. The zero-order valence-electron chi connectivity index (χ0n) is 14.5. The Balaban J connectivity index is 1.72. The fourth-order valence-electron chi connectivity index (χ4n) is 6.00. The predicted octanol–water partition coefficient (Wildman–Crippen LogP) is 4.45. The van der Waals surface area contributed by atoms with Crippen LogP contribution in [0.4, 0.5) is 5.69 Å². The van der Waals surface area contributed by atoms with Crippen molar-refractivity contribution >= 4 is 22.4 Å². The van der Waals surface area contributed by atoms with Gasteiger partial charge in [0.2, 0.25) is 0 Å². The van der Waals surface area contributed by atoms with Gasteiger partial charge in [-0.1, -0.05) is 48.6 Å². The van der Waals surface area contributed by atoms with Crippen molar-refractivity contribution in [2.45, 2.75) is 30.7 Å². The maximum Gasteiger partial charge on any atom is 0.326 e. The molecule has 5 atom stereocenters. The molecule has 130 valence electrons. The quantitative estimate of drug-likeness (QED) is 0.778. The van der Waals surface area contributed by atoms with Crippen molar-refractivity contribution in [2.24, 2.45) is 11.8 Å². The molecule has 0 unspecified atom stereocenters. The highest BCUT2D eigenvalue weighted by molar-refractivity contribution is 5.96. The number of benzene rings is 2. The average molecular weight is 343 g/mol. The number of rotatable bonds is 1. The summed E-state index contributed by atoms with van der Waals surface area (Å²) in [5.74, 6) is 0.627. The second kappa shape index (κ2) is 5.00. The van der Waals surface area contributed by atoms with Crippen LogP contribution in [-0.4, -0.2) is 23.7 Å². The normalized spacial score (nSPS) is 33.2. The molecule has 26 heavy (non-hydrogen) atoms. The first-order valence-electron chi connectivity index (χ1n) is 9.62. The van der Waals surface area contributed by atoms with Gasteiger partial charge in [-0.25, -0.2) is 4.79 Å². The zero-order chi connectivity index (χ0) is 17.4. The first-order chi connectivity index (χ1) is 12.7. The topological polar surface area (TPSA) is 40.5 Å². The summed E-state index contributed by atoms with van der Waals surface area (Å²) in [4.78, 5) is 14.5. The first kappa shape index (κ1) is 14.6. The van der Waals surface area contributed by atoms with Gasteiger partial charge in [-0.15, -0.1) is 0 Å². The van der Waals surface area contributed by atoms with Gasteiger partial charge in [-0.05, 0) is 46.7 Å². The van der Waals surface area contributed by atoms with Crippen LogP contribution < -0.4 is 4.90 Å². The third-order valence-electron chi connectivity index (χ3n) is 7.00. The number of hydrogen-bond donors (Lipinski definition) is 1. The lowest BCUT2D eigenvalue weighted by Gasteiger charge is -2.49. The van der Waals surface area contributed by atoms with Crippen LogP contribution >= 0.6 is 0 Å². The number of carboxylic acid groups (broad SMARTS) is 1. The molecule has 6 rings (SSSR count). The Labute approximate surface area is 152 Å². The zero-order valence-corrected chi connectivity index (χ0v) is 14.5. The summed E-state index contributed by atoms with van der Waals surface area (Å²) >= 11 is 0. The molecular formula is C23H21NO2. The van der Waals surface area contributed by atoms with Gasteiger partial charge in [-0.2, -0.15) is 0 Å². The summed E-state index contributed by atoms with van der Waals surface area (Å²) in [5.41, 5.74) is 3.93. The average Bonchev–Trinajstić information content (AvgIpc) is 3.30. The summed E-state index contributed by atoms with van der Waals surface area (Å²) in [5, 5.41) is 12.7. The standard InChI is InChI=1S/C23H21NO2/c25-23(26)22-18-10-4-9-17(18)20-16-7-2-1-5-13(16)11-19-15-8-3-6-14(15)12-24(22)21(19)20/h1-5,7-9,11,14-15,17-18,22H,6,10,12H2,(H,25,26)/t14-,15+,17+,18+,22-/m1/s1. The van der Waals surface area contributed by atoms with E-state index in [1.807, 2.05) is 0 Å². The third-order valence-corrected chi connectivity index (χ3v) is 7.00. The highest BCUT2D eigenvalue weighted by Gasteiger charge is 2.50. The number of carboxylic acids is 1. The molecule has 0 amide bonds. The Morgan fingerprint density at radius 2 is 1.88 bits per heavy atom. The molecule has 1 N–H and O–H groups in total. The molecule has 0 saturated carbocycles. The van der Waals surface area contributed by atoms with Gasteiger partial charge < -0.3 is 10.0 Å². The minimum atomic E-state index is -0.669. The minimum absolute atomic E-state index is 0.143. The summed E-state index contributed by atoms with van der Waals surface area (Å²) in [7, 11) is 0. The Kier molecular flexibility index (Phi) is 2.81. The number of aliphatic carboxylic acids is 1. The fraction of sp³-hybridized carbons (Fsp3) is 0.348. The molecule has 0 spiro atoms. The Hall–Kier alpha value is -2.55. The largest absolute Gasteiger partial charge is 0.480 e. The molecule has 2 aromatic carbocycles. The Morgan fingerprint density at radius 3 is 2.77 bits per heavy atom. The molecule has 2 heterocycles. The van der Waals surface area contributed by atoms with E-state index in [1.165, 1.54) is 27.6 Å². The Bertz CT molecular complexity index is 1000. The lowest BCUT2D eigenvalue weighted by atomic mass is 9.70. The number of nitrogens with zero attached hydrogens (tertiary/aromatic N) is 1. The molecule has 3 heteroatoms. The lowest BCUT2D eigenvalue weighted by molar-refractivity contribution is -0.140. The summed E-state index contributed by atoms with van der Waals surface area (Å²) < 4.78 is 0. The second-order valence-corrected chi connectivity index (χ2v) is 8.19. The molecule has 3 nitrogen and oxygen atoms in total. The van der Waals surface area contributed by atoms with Crippen molar-refractivity contribution in [3.05, 3.63) is 65.8 Å². The van der Waals surface area contributed by atoms with Gasteiger partial charge in [0, 0.05) is 30.0 Å². The number of fused-ring (bicyclic) bond motifs is 6. The van der Waals surface area contributed by atoms with Gasteiger partial charge in [0.1, 0.15) is 6.04 Å². The molecule has 0 saturated heterocycles. The van der Waals surface area contributed by atoms with Crippen LogP contribution in [0.3, 0.4) is 0 Å². The molecule has 0 aromatic heterocycles. The maximum absolute atomic E-state index is 12.3. The van der Waals surface area contributed by atoms with Gasteiger partial charge in [0.25, 0.3) is 0 Å². The maximum atomic E-state index is 12.3. The van der Waals surface area contributed by atoms with Crippen LogP contribution in [0.25, 0.3) is 10.8 Å². The number of carbonyl (C=O) groups is 1. The summed E-state index contributed by atoms with van der Waals surface area (Å²) in [6.45, 7) is 0.857. The van der Waals surface area contributed by atoms with E-state index < -0.39 is 12.0 Å². The van der Waals surface area contributed by atoms with Crippen LogP contribution in [-0.2, 0) is 4.79 Å². The summed E-state index contributed by atoms with van der Waals surface area (Å²) in [6.07, 6.45) is 11.0. The molecule has 2 aliphatic carbocycles. The van der Waals surface area contributed by atoms with Crippen LogP contribution in [0.2, 0.25) is 0 Å². The SMILES string of the molecule is O=C(O)[C@H]1[C@H]2CC=C[C@@H]2c2c3c(cc4ccccc24)[C@H]2C=CC[C@@H]2CN31. The van der Waals surface area contributed by atoms with E-state index in [1.54, 1.807) is 0 Å². The molecule has 0 radical (unpaired) electrons. The van der Waals surface area contributed by atoms with E-state index in [0.717, 1.165) is 19.4 Å². The van der Waals surface area contributed by atoms with E-state index in [-0.39, 0.29) is 11.8 Å². The van der Waals surface area contributed by atoms with Gasteiger partial charge >= 0.3 is 5.97 Å². The molecule has 0 bridgehead atoms. The van der Waals surface area contributed by atoms with E-state index in [2.05, 4.69) is 59.5 Å². The van der Waals surface area contributed by atoms with Gasteiger partial charge in [-0.3, -0.25) is 0 Å². The van der Waals surface area contributed by atoms with Crippen molar-refractivity contribution < 1.29 is 9.90 Å². The fourth-order valence-corrected chi connectivity index (χ4v) is 6.00. The molecule has 2 aliphatic heterocycles. The molecule has 2 aromatic rings. The third kappa shape index (κ3) is 1.71. The highest BCUT2D eigenvalue weighted by atomic mass is 16.4. The summed E-state index contributed by atoms with van der Waals surface area (Å²) in [6, 6.07) is 10.5. The van der Waals surface area contributed by atoms with Crippen molar-refractivity contribution in [1.29, 1.82) is 0 Å². The number of anilines is 1. The van der Waals surface area contributed by atoms with Crippen LogP contribution in [0.15, 0.2) is 54.6 Å². The lowest BCUT2D eigenvalue weighted by Crippen LogP contribution is -2.54. The second-order valence-electron chi connectivity index (χ2n) is 8.19. The van der Waals surface area contributed by atoms with Crippen molar-refractivity contribution in [2.75, 3.05) is 11.4 Å². The van der Waals surface area contributed by atoms with Crippen molar-refractivity contribution in [1.82, 2.24) is 0 Å². The molecular weight excluding hydrogens is 322 g/mol. The first-order valence-corrected chi connectivity index (χ1v) is 9.62. The van der Waals surface area contributed by atoms with Crippen molar-refractivity contribution in [3.63, 3.8) is 0 Å². The number of hydrogen-bond acceptors (Lipinski definition) is 2. The predicted molar refractivity (Wildman–Crippen MR) is 103 cm³/mol. The smallest absolute Gasteiger partial charge is 0.326 e.